The molecule has 2 unspecified atom stereocenters. The molecule has 0 aromatic carbocycles. The first kappa shape index (κ1) is 12.2. The second-order valence-corrected chi connectivity index (χ2v) is 6.47. The lowest BCUT2D eigenvalue weighted by Gasteiger charge is -2.42. The Morgan fingerprint density at radius 2 is 2.05 bits per heavy atom. The van der Waals surface area contributed by atoms with Gasteiger partial charge in [0.2, 0.25) is 0 Å². The van der Waals surface area contributed by atoms with Gasteiger partial charge in [0.1, 0.15) is 0 Å². The third kappa shape index (κ3) is 1.75. The molecule has 0 bridgehead atoms. The molecule has 4 rings (SSSR count). The Morgan fingerprint density at radius 1 is 1.20 bits per heavy atom. The van der Waals surface area contributed by atoms with Crippen LogP contribution in [-0.4, -0.2) is 18.1 Å². The molecule has 3 aliphatic rings. The van der Waals surface area contributed by atoms with Crippen LogP contribution in [0.2, 0.25) is 0 Å². The largest absolute Gasteiger partial charge is 0.359 e. The summed E-state index contributed by atoms with van der Waals surface area (Å²) in [5.74, 6) is 2.14. The van der Waals surface area contributed by atoms with Gasteiger partial charge in [0.15, 0.2) is 0 Å². The second-order valence-electron chi connectivity index (χ2n) is 6.47. The summed E-state index contributed by atoms with van der Waals surface area (Å²) in [4.78, 5) is 3.52. The van der Waals surface area contributed by atoms with Gasteiger partial charge in [0.05, 0.1) is 0 Å². The maximum Gasteiger partial charge on any atom is 0.0418 e. The van der Waals surface area contributed by atoms with Gasteiger partial charge in [-0.3, -0.25) is 0 Å². The van der Waals surface area contributed by atoms with E-state index in [1.54, 1.807) is 5.57 Å². The van der Waals surface area contributed by atoms with Crippen molar-refractivity contribution >= 4 is 5.57 Å². The molecule has 2 heterocycles. The molecule has 0 saturated carbocycles. The number of rotatable bonds is 2. The van der Waals surface area contributed by atoms with Gasteiger partial charge in [-0.15, -0.1) is 0 Å². The monoisotopic (exact) mass is 266 g/mol. The summed E-state index contributed by atoms with van der Waals surface area (Å²) in [5, 5.41) is 3.45. The van der Waals surface area contributed by atoms with Gasteiger partial charge >= 0.3 is 0 Å². The third-order valence-electron chi connectivity index (χ3n) is 5.21. The Labute approximate surface area is 120 Å². The first-order valence-electron chi connectivity index (χ1n) is 7.72. The maximum absolute atomic E-state index is 3.52. The molecule has 20 heavy (non-hydrogen) atoms. The smallest absolute Gasteiger partial charge is 0.0418 e. The summed E-state index contributed by atoms with van der Waals surface area (Å²) in [6, 6.07) is 4.41. The number of H-pyrrole nitrogens is 1. The minimum atomic E-state index is 0.610. The molecule has 2 atom stereocenters. The minimum absolute atomic E-state index is 0.610. The van der Waals surface area contributed by atoms with Crippen molar-refractivity contribution in [3.63, 3.8) is 0 Å². The highest BCUT2D eigenvalue weighted by atomic mass is 15.0. The SMILES string of the molecule is Cc1ccc(C2=CC3=C(CC=C3)C(C3CNC3)C2C)[nH]1. The molecule has 1 fully saturated rings. The predicted octanol–water partition coefficient (Wildman–Crippen LogP) is 3.45. The van der Waals surface area contributed by atoms with E-state index in [2.05, 4.69) is 54.5 Å². The third-order valence-corrected chi connectivity index (χ3v) is 5.21. The fourth-order valence-corrected chi connectivity index (χ4v) is 4.05. The van der Waals surface area contributed by atoms with Crippen LogP contribution in [0, 0.1) is 24.7 Å². The highest BCUT2D eigenvalue weighted by Crippen LogP contribution is 2.47. The topological polar surface area (TPSA) is 27.8 Å². The van der Waals surface area contributed by atoms with Crippen LogP contribution in [0.5, 0.6) is 0 Å². The first-order chi connectivity index (χ1) is 9.74. The lowest BCUT2D eigenvalue weighted by atomic mass is 9.67. The van der Waals surface area contributed by atoms with E-state index in [1.165, 1.54) is 35.6 Å². The summed E-state index contributed by atoms with van der Waals surface area (Å²) in [7, 11) is 0. The van der Waals surface area contributed by atoms with Crippen LogP contribution in [0.25, 0.3) is 5.57 Å². The number of nitrogens with one attached hydrogen (secondary N) is 2. The molecular weight excluding hydrogens is 244 g/mol. The van der Waals surface area contributed by atoms with E-state index < -0.39 is 0 Å². The molecule has 2 heteroatoms. The van der Waals surface area contributed by atoms with Crippen LogP contribution in [-0.2, 0) is 0 Å². The van der Waals surface area contributed by atoms with Crippen LogP contribution in [0.4, 0.5) is 0 Å². The van der Waals surface area contributed by atoms with E-state index in [0.29, 0.717) is 11.8 Å². The zero-order valence-electron chi connectivity index (χ0n) is 12.2. The Kier molecular flexibility index (Phi) is 2.74. The molecule has 0 radical (unpaired) electrons. The predicted molar refractivity (Wildman–Crippen MR) is 83.3 cm³/mol. The summed E-state index contributed by atoms with van der Waals surface area (Å²) < 4.78 is 0. The Hall–Kier alpha value is -1.54. The van der Waals surface area contributed by atoms with Gasteiger partial charge in [-0.1, -0.05) is 24.6 Å². The number of aromatic nitrogens is 1. The molecule has 1 aromatic rings. The van der Waals surface area contributed by atoms with Gasteiger partial charge in [-0.25, -0.2) is 0 Å². The molecule has 0 spiro atoms. The van der Waals surface area contributed by atoms with Crippen LogP contribution in [0.15, 0.2) is 41.5 Å². The van der Waals surface area contributed by atoms with Gasteiger partial charge < -0.3 is 10.3 Å². The Balaban J connectivity index is 1.77. The lowest BCUT2D eigenvalue weighted by molar-refractivity contribution is 0.227. The van der Waals surface area contributed by atoms with Gasteiger partial charge in [0.25, 0.3) is 0 Å². The fourth-order valence-electron chi connectivity index (χ4n) is 4.05. The van der Waals surface area contributed by atoms with E-state index in [1.807, 2.05) is 0 Å². The molecule has 2 N–H and O–H groups in total. The number of aromatic amines is 1. The highest BCUT2D eigenvalue weighted by molar-refractivity contribution is 5.73. The quantitative estimate of drug-likeness (QED) is 0.843. The molecule has 0 amide bonds. The van der Waals surface area contributed by atoms with E-state index >= 15 is 0 Å². The van der Waals surface area contributed by atoms with Crippen molar-refractivity contribution in [1.29, 1.82) is 0 Å². The molecule has 1 saturated heterocycles. The van der Waals surface area contributed by atoms with Crippen LogP contribution in [0.1, 0.15) is 24.7 Å². The van der Waals surface area contributed by atoms with Gasteiger partial charge in [-0.2, -0.15) is 0 Å². The van der Waals surface area contributed by atoms with E-state index in [0.717, 1.165) is 12.3 Å². The summed E-state index contributed by atoms with van der Waals surface area (Å²) >= 11 is 0. The van der Waals surface area contributed by atoms with Crippen molar-refractivity contribution in [3.05, 3.63) is 52.9 Å². The summed E-state index contributed by atoms with van der Waals surface area (Å²) in [5.41, 5.74) is 7.19. The summed E-state index contributed by atoms with van der Waals surface area (Å²) in [6.07, 6.45) is 8.22. The zero-order chi connectivity index (χ0) is 13.7. The zero-order valence-corrected chi connectivity index (χ0v) is 12.2. The van der Waals surface area contributed by atoms with E-state index in [9.17, 15) is 0 Å². The van der Waals surface area contributed by atoms with Gasteiger partial charge in [0, 0.05) is 11.4 Å². The van der Waals surface area contributed by atoms with Crippen molar-refractivity contribution < 1.29 is 0 Å². The number of hydrogen-bond acceptors (Lipinski definition) is 1. The normalized spacial score (nSPS) is 29.4. The molecule has 104 valence electrons. The van der Waals surface area contributed by atoms with Crippen molar-refractivity contribution in [2.24, 2.45) is 17.8 Å². The standard InChI is InChI=1S/C18H22N2/c1-11-6-7-17(20-11)16-8-13-4-3-5-15(13)18(12(16)2)14-9-19-10-14/h3-4,6-8,12,14,18-20H,5,9-10H2,1-2H3. The average Bonchev–Trinajstić information content (AvgIpc) is 2.98. The highest BCUT2D eigenvalue weighted by Gasteiger charge is 2.39. The average molecular weight is 266 g/mol. The minimum Gasteiger partial charge on any atom is -0.359 e. The van der Waals surface area contributed by atoms with Gasteiger partial charge in [-0.05, 0) is 73.5 Å². The Bertz CT molecular complexity index is 626. The van der Waals surface area contributed by atoms with Crippen molar-refractivity contribution in [1.82, 2.24) is 10.3 Å². The van der Waals surface area contributed by atoms with Crippen LogP contribution < -0.4 is 5.32 Å². The fraction of sp³-hybridized carbons (Fsp3) is 0.444. The van der Waals surface area contributed by atoms with E-state index in [-0.39, 0.29) is 0 Å². The number of allylic oxidation sites excluding steroid dienone is 6. The van der Waals surface area contributed by atoms with Crippen LogP contribution in [0.3, 0.4) is 0 Å². The van der Waals surface area contributed by atoms with Crippen molar-refractivity contribution in [3.8, 4) is 0 Å². The van der Waals surface area contributed by atoms with Crippen molar-refractivity contribution in [2.75, 3.05) is 13.1 Å². The van der Waals surface area contributed by atoms with Crippen molar-refractivity contribution in [2.45, 2.75) is 20.3 Å². The van der Waals surface area contributed by atoms with Crippen LogP contribution >= 0.6 is 0 Å². The summed E-state index contributed by atoms with van der Waals surface area (Å²) in [6.45, 7) is 6.91. The molecular formula is C18H22N2. The van der Waals surface area contributed by atoms with E-state index in [4.69, 9.17) is 0 Å². The first-order valence-corrected chi connectivity index (χ1v) is 7.72. The number of hydrogen-bond donors (Lipinski definition) is 2. The maximum atomic E-state index is 3.52. The second kappa shape index (κ2) is 4.49. The number of aryl methyl sites for hydroxylation is 1. The molecule has 2 aliphatic carbocycles. The Morgan fingerprint density at radius 3 is 2.70 bits per heavy atom. The molecule has 2 nitrogen and oxygen atoms in total. The lowest BCUT2D eigenvalue weighted by Crippen LogP contribution is -2.48. The molecule has 1 aliphatic heterocycles. The molecule has 1 aromatic heterocycles.